The lowest BCUT2D eigenvalue weighted by Crippen LogP contribution is -2.40. The molecule has 0 N–H and O–H groups in total. The highest BCUT2D eigenvalue weighted by molar-refractivity contribution is 9.10. The standard InChI is InChI=1S/C31H38BrFN6O4Si/c1-10-38-17-25(27(35-38)18-42-44(8,9)31(4,5)6)19(2)26-16-37(7)36-29(26)23-12-11-22(33)14-24(23)20(3)43-28-13-21(32)15-34-30(28)39(40)41/h11-17,20H,2,10,18H2,1,3-9H3/t20-/m1/s1. The first-order valence-electron chi connectivity index (χ1n) is 14.2. The van der Waals surface area contributed by atoms with Crippen LogP contribution in [0.15, 0.2) is 53.9 Å². The van der Waals surface area contributed by atoms with E-state index in [0.29, 0.717) is 40.0 Å². The highest BCUT2D eigenvalue weighted by Crippen LogP contribution is 2.40. The number of nitro groups is 1. The molecule has 0 radical (unpaired) electrons. The van der Waals surface area contributed by atoms with Gasteiger partial charge in [-0.05, 0) is 81.6 Å². The van der Waals surface area contributed by atoms with E-state index < -0.39 is 31.0 Å². The molecule has 0 fully saturated rings. The summed E-state index contributed by atoms with van der Waals surface area (Å²) in [4.78, 5) is 14.9. The van der Waals surface area contributed by atoms with Crippen molar-refractivity contribution in [1.82, 2.24) is 24.5 Å². The van der Waals surface area contributed by atoms with Crippen molar-refractivity contribution in [3.63, 3.8) is 0 Å². The van der Waals surface area contributed by atoms with Gasteiger partial charge in [0.05, 0.1) is 16.8 Å². The second-order valence-electron chi connectivity index (χ2n) is 12.2. The second-order valence-corrected chi connectivity index (χ2v) is 17.9. The Balaban J connectivity index is 1.76. The molecule has 234 valence electrons. The Morgan fingerprint density at radius 1 is 1.20 bits per heavy atom. The van der Waals surface area contributed by atoms with Crippen LogP contribution in [0.25, 0.3) is 16.8 Å². The maximum absolute atomic E-state index is 14.7. The van der Waals surface area contributed by atoms with Gasteiger partial charge < -0.3 is 19.3 Å². The molecule has 13 heteroatoms. The minimum Gasteiger partial charge on any atom is -0.478 e. The van der Waals surface area contributed by atoms with Crippen LogP contribution >= 0.6 is 15.9 Å². The molecule has 3 aromatic heterocycles. The molecule has 10 nitrogen and oxygen atoms in total. The SMILES string of the molecule is C=C(c1cn(CC)nc1CO[Si](C)(C)C(C)(C)C)c1cn(C)nc1-c1ccc(F)cc1[C@@H](C)Oc1cc(Br)cnc1[N+](=O)[O-]. The van der Waals surface area contributed by atoms with Crippen molar-refractivity contribution in [2.75, 3.05) is 0 Å². The molecule has 44 heavy (non-hydrogen) atoms. The number of pyridine rings is 1. The molecule has 0 aliphatic rings. The third-order valence-electron chi connectivity index (χ3n) is 8.00. The van der Waals surface area contributed by atoms with Crippen molar-refractivity contribution in [3.8, 4) is 17.0 Å². The van der Waals surface area contributed by atoms with Crippen LogP contribution < -0.4 is 4.74 Å². The summed E-state index contributed by atoms with van der Waals surface area (Å²) >= 11 is 3.29. The molecule has 3 heterocycles. The van der Waals surface area contributed by atoms with Gasteiger partial charge in [0.25, 0.3) is 0 Å². The molecule has 0 aliphatic carbocycles. The highest BCUT2D eigenvalue weighted by atomic mass is 79.9. The minimum atomic E-state index is -2.05. The van der Waals surface area contributed by atoms with Gasteiger partial charge >= 0.3 is 5.82 Å². The van der Waals surface area contributed by atoms with Crippen LogP contribution in [0.2, 0.25) is 18.1 Å². The van der Waals surface area contributed by atoms with Gasteiger partial charge in [0.1, 0.15) is 17.6 Å². The van der Waals surface area contributed by atoms with Gasteiger partial charge in [0.2, 0.25) is 5.75 Å². The Labute approximate surface area is 266 Å². The number of aromatic nitrogens is 5. The zero-order valence-electron chi connectivity index (χ0n) is 26.3. The lowest BCUT2D eigenvalue weighted by atomic mass is 9.93. The fourth-order valence-electron chi connectivity index (χ4n) is 4.48. The molecule has 0 saturated heterocycles. The van der Waals surface area contributed by atoms with Gasteiger partial charge in [-0.3, -0.25) is 9.36 Å². The van der Waals surface area contributed by atoms with E-state index in [0.717, 1.165) is 16.8 Å². The van der Waals surface area contributed by atoms with Crippen molar-refractivity contribution >= 4 is 35.6 Å². The number of hydrogen-bond acceptors (Lipinski definition) is 7. The normalized spacial score (nSPS) is 12.8. The van der Waals surface area contributed by atoms with Crippen molar-refractivity contribution in [1.29, 1.82) is 0 Å². The Morgan fingerprint density at radius 3 is 2.55 bits per heavy atom. The molecular weight excluding hydrogens is 647 g/mol. The zero-order chi connectivity index (χ0) is 32.6. The number of benzene rings is 1. The first kappa shape index (κ1) is 33.2. The number of hydrogen-bond donors (Lipinski definition) is 0. The van der Waals surface area contributed by atoms with Gasteiger partial charge in [-0.25, -0.2) is 4.39 Å². The largest absolute Gasteiger partial charge is 0.478 e. The third-order valence-corrected chi connectivity index (χ3v) is 12.9. The fourth-order valence-corrected chi connectivity index (χ4v) is 5.72. The van der Waals surface area contributed by atoms with Crippen LogP contribution in [-0.2, 0) is 24.6 Å². The average molecular weight is 686 g/mol. The average Bonchev–Trinajstić information content (AvgIpc) is 3.54. The number of halogens is 2. The van der Waals surface area contributed by atoms with Crippen LogP contribution in [0.4, 0.5) is 10.2 Å². The maximum Gasteiger partial charge on any atom is 0.406 e. The first-order valence-corrected chi connectivity index (χ1v) is 17.9. The number of nitrogens with zero attached hydrogens (tertiary/aromatic N) is 6. The molecule has 0 aliphatic heterocycles. The Hall–Kier alpha value is -3.68. The van der Waals surface area contributed by atoms with E-state index in [2.05, 4.69) is 61.4 Å². The predicted octanol–water partition coefficient (Wildman–Crippen LogP) is 8.23. The van der Waals surface area contributed by atoms with E-state index in [1.807, 2.05) is 24.0 Å². The summed E-state index contributed by atoms with van der Waals surface area (Å²) in [6.07, 6.45) is 4.35. The van der Waals surface area contributed by atoms with Crippen LogP contribution in [0.5, 0.6) is 5.75 Å². The van der Waals surface area contributed by atoms with E-state index >= 15 is 0 Å². The third kappa shape index (κ3) is 7.00. The lowest BCUT2D eigenvalue weighted by molar-refractivity contribution is -0.390. The van der Waals surface area contributed by atoms with Crippen LogP contribution in [0.3, 0.4) is 0 Å². The summed E-state index contributed by atoms with van der Waals surface area (Å²) in [5, 5.41) is 21.2. The molecule has 4 rings (SSSR count). The lowest BCUT2D eigenvalue weighted by Gasteiger charge is -2.36. The number of rotatable bonds is 11. The van der Waals surface area contributed by atoms with E-state index in [4.69, 9.17) is 19.4 Å². The smallest absolute Gasteiger partial charge is 0.406 e. The van der Waals surface area contributed by atoms with Gasteiger partial charge in [0, 0.05) is 54.3 Å². The first-order chi connectivity index (χ1) is 20.5. The van der Waals surface area contributed by atoms with Gasteiger partial charge in [0.15, 0.2) is 14.5 Å². The summed E-state index contributed by atoms with van der Waals surface area (Å²) in [5.41, 5.74) is 4.65. The molecule has 0 saturated carbocycles. The molecule has 1 aromatic carbocycles. The van der Waals surface area contributed by atoms with Crippen LogP contribution in [0, 0.1) is 15.9 Å². The van der Waals surface area contributed by atoms with E-state index in [1.165, 1.54) is 24.4 Å². The summed E-state index contributed by atoms with van der Waals surface area (Å²) in [7, 11) is -0.250. The van der Waals surface area contributed by atoms with E-state index in [9.17, 15) is 14.5 Å². The second kappa shape index (κ2) is 12.7. The topological polar surface area (TPSA) is 110 Å². The van der Waals surface area contributed by atoms with Crippen LogP contribution in [0.1, 0.15) is 63.1 Å². The summed E-state index contributed by atoms with van der Waals surface area (Å²) in [6, 6.07) is 5.80. The molecule has 0 amide bonds. The van der Waals surface area contributed by atoms with Gasteiger partial charge in [-0.2, -0.15) is 10.2 Å². The fraction of sp³-hybridized carbons (Fsp3) is 0.387. The van der Waals surface area contributed by atoms with Gasteiger partial charge in [-0.15, -0.1) is 0 Å². The Bertz CT molecular complexity index is 1710. The number of aryl methyl sites for hydroxylation is 2. The summed E-state index contributed by atoms with van der Waals surface area (Å²) < 4.78 is 31.3. The van der Waals surface area contributed by atoms with Gasteiger partial charge in [-0.1, -0.05) is 27.4 Å². The summed E-state index contributed by atoms with van der Waals surface area (Å²) in [6.45, 7) is 20.2. The Morgan fingerprint density at radius 2 is 1.91 bits per heavy atom. The van der Waals surface area contributed by atoms with Crippen molar-refractivity contribution in [2.24, 2.45) is 7.05 Å². The molecule has 0 unspecified atom stereocenters. The Kier molecular flexibility index (Phi) is 9.62. The van der Waals surface area contributed by atoms with E-state index in [1.54, 1.807) is 24.7 Å². The summed E-state index contributed by atoms with van der Waals surface area (Å²) in [5.74, 6) is -0.965. The zero-order valence-corrected chi connectivity index (χ0v) is 28.9. The minimum absolute atomic E-state index is 0.0398. The molecule has 4 aromatic rings. The van der Waals surface area contributed by atoms with E-state index in [-0.39, 0.29) is 10.8 Å². The molecular formula is C31H38BrFN6O4Si. The number of ether oxygens (including phenoxy) is 1. The highest BCUT2D eigenvalue weighted by Gasteiger charge is 2.37. The predicted molar refractivity (Wildman–Crippen MR) is 174 cm³/mol. The van der Waals surface area contributed by atoms with Crippen molar-refractivity contribution in [2.45, 2.75) is 72.0 Å². The van der Waals surface area contributed by atoms with Crippen LogP contribution in [-0.4, -0.2) is 37.8 Å². The van der Waals surface area contributed by atoms with Crippen molar-refractivity contribution in [3.05, 3.63) is 92.2 Å². The molecule has 0 spiro atoms. The maximum atomic E-state index is 14.7. The molecule has 1 atom stereocenters. The van der Waals surface area contributed by atoms with Crippen molar-refractivity contribution < 1.29 is 18.5 Å². The monoisotopic (exact) mass is 684 g/mol. The quantitative estimate of drug-likeness (QED) is 0.0889. The molecule has 0 bridgehead atoms.